The zero-order valence-corrected chi connectivity index (χ0v) is 17.4. The lowest BCUT2D eigenvalue weighted by Gasteiger charge is -2.27. The monoisotopic (exact) mass is 483 g/mol. The summed E-state index contributed by atoms with van der Waals surface area (Å²) in [5.74, 6) is -5.39. The number of hydrogen-bond acceptors (Lipinski definition) is 6. The summed E-state index contributed by atoms with van der Waals surface area (Å²) in [6.45, 7) is 0. The van der Waals surface area contributed by atoms with Crippen molar-refractivity contribution in [2.45, 2.75) is 23.8 Å². The van der Waals surface area contributed by atoms with Crippen LogP contribution in [-0.4, -0.2) is 43.0 Å². The molecule has 32 heavy (non-hydrogen) atoms. The summed E-state index contributed by atoms with van der Waals surface area (Å²) in [5.41, 5.74) is -0.473. The van der Waals surface area contributed by atoms with E-state index in [0.29, 0.717) is 17.0 Å². The Hall–Kier alpha value is -3.38. The summed E-state index contributed by atoms with van der Waals surface area (Å²) in [6, 6.07) is 3.09. The van der Waals surface area contributed by atoms with E-state index in [-0.39, 0.29) is 29.7 Å². The molecular weight excluding hydrogens is 472 g/mol. The Morgan fingerprint density at radius 3 is 2.38 bits per heavy atom. The molecule has 4 amide bonds. The van der Waals surface area contributed by atoms with E-state index in [2.05, 4.69) is 5.32 Å². The second-order valence-corrected chi connectivity index (χ2v) is 9.07. The Morgan fingerprint density at radius 1 is 1.00 bits per heavy atom. The highest BCUT2D eigenvalue weighted by molar-refractivity contribution is 7.92. The topological polar surface area (TPSA) is 130 Å². The number of imide groups is 2. The second kappa shape index (κ2) is 7.64. The van der Waals surface area contributed by atoms with E-state index in [1.807, 2.05) is 4.72 Å². The summed E-state index contributed by atoms with van der Waals surface area (Å²) in [4.78, 5) is 48.6. The molecule has 2 heterocycles. The third-order valence-electron chi connectivity index (χ3n) is 4.96. The van der Waals surface area contributed by atoms with Crippen LogP contribution in [0, 0.1) is 11.6 Å². The van der Waals surface area contributed by atoms with Crippen LogP contribution in [-0.2, 0) is 19.6 Å². The Bertz CT molecular complexity index is 1330. The number of rotatable bonds is 4. The number of halogens is 3. The number of carbonyl (C=O) groups is 4. The predicted octanol–water partition coefficient (Wildman–Crippen LogP) is 1.82. The molecule has 0 spiro atoms. The molecule has 0 saturated carbocycles. The Labute approximate surface area is 184 Å². The number of hydrogen-bond donors (Lipinski definition) is 2. The van der Waals surface area contributed by atoms with Gasteiger partial charge >= 0.3 is 0 Å². The van der Waals surface area contributed by atoms with Crippen molar-refractivity contribution in [1.29, 1.82) is 0 Å². The minimum absolute atomic E-state index is 0.0446. The number of piperidine rings is 1. The van der Waals surface area contributed by atoms with Crippen LogP contribution in [0.1, 0.15) is 33.6 Å². The lowest BCUT2D eigenvalue weighted by Crippen LogP contribution is -2.54. The average molecular weight is 484 g/mol. The molecule has 4 rings (SSSR count). The minimum Gasteiger partial charge on any atom is -0.295 e. The van der Waals surface area contributed by atoms with Crippen molar-refractivity contribution in [3.8, 4) is 0 Å². The van der Waals surface area contributed by atoms with Crippen LogP contribution in [0.15, 0.2) is 35.2 Å². The molecule has 9 nitrogen and oxygen atoms in total. The van der Waals surface area contributed by atoms with Crippen molar-refractivity contribution in [3.63, 3.8) is 0 Å². The van der Waals surface area contributed by atoms with Crippen molar-refractivity contribution in [1.82, 2.24) is 10.2 Å². The fourth-order valence-corrected chi connectivity index (χ4v) is 4.73. The van der Waals surface area contributed by atoms with E-state index >= 15 is 0 Å². The van der Waals surface area contributed by atoms with E-state index in [1.165, 1.54) is 0 Å². The van der Waals surface area contributed by atoms with Gasteiger partial charge in [-0.15, -0.1) is 0 Å². The second-order valence-electron chi connectivity index (χ2n) is 7.01. The first-order valence-corrected chi connectivity index (χ1v) is 10.9. The SMILES string of the molecule is O=C1CCC(N2C(=O)c3ccc(NS(=O)(=O)c4cc(F)c(Cl)cc4F)cc3C2=O)C(=O)N1. The molecule has 13 heteroatoms. The molecule has 0 radical (unpaired) electrons. The molecule has 2 aromatic carbocycles. The van der Waals surface area contributed by atoms with Gasteiger partial charge in [0.2, 0.25) is 11.8 Å². The first-order chi connectivity index (χ1) is 15.0. The maximum Gasteiger partial charge on any atom is 0.264 e. The highest BCUT2D eigenvalue weighted by Gasteiger charge is 2.44. The van der Waals surface area contributed by atoms with E-state index in [1.54, 1.807) is 0 Å². The summed E-state index contributed by atoms with van der Waals surface area (Å²) in [5, 5.41) is 1.46. The molecule has 1 saturated heterocycles. The Balaban J connectivity index is 1.64. The molecule has 1 fully saturated rings. The van der Waals surface area contributed by atoms with Crippen LogP contribution in [0.4, 0.5) is 14.5 Å². The van der Waals surface area contributed by atoms with Crippen LogP contribution in [0.2, 0.25) is 5.02 Å². The van der Waals surface area contributed by atoms with Gasteiger partial charge in [0.25, 0.3) is 21.8 Å². The molecular formula is C19H12ClF2N3O6S. The fraction of sp³-hybridized carbons (Fsp3) is 0.158. The number of nitrogens with zero attached hydrogens (tertiary/aromatic N) is 1. The van der Waals surface area contributed by atoms with Gasteiger partial charge in [0.15, 0.2) is 0 Å². The molecule has 2 N–H and O–H groups in total. The van der Waals surface area contributed by atoms with Crippen molar-refractivity contribution in [2.24, 2.45) is 0 Å². The highest BCUT2D eigenvalue weighted by Crippen LogP contribution is 2.31. The molecule has 1 unspecified atom stereocenters. The molecule has 1 atom stereocenters. The van der Waals surface area contributed by atoms with E-state index < -0.39 is 61.2 Å². The van der Waals surface area contributed by atoms with Gasteiger partial charge in [-0.1, -0.05) is 11.6 Å². The number of nitrogens with one attached hydrogen (secondary N) is 2. The summed E-state index contributed by atoms with van der Waals surface area (Å²) >= 11 is 5.43. The molecule has 2 aliphatic rings. The maximum absolute atomic E-state index is 14.0. The molecule has 166 valence electrons. The van der Waals surface area contributed by atoms with E-state index in [0.717, 1.165) is 18.2 Å². The normalized spacial score (nSPS) is 18.6. The van der Waals surface area contributed by atoms with Crippen LogP contribution in [0.3, 0.4) is 0 Å². The summed E-state index contributed by atoms with van der Waals surface area (Å²) in [6.07, 6.45) is -0.102. The predicted molar refractivity (Wildman–Crippen MR) is 105 cm³/mol. The molecule has 2 aromatic rings. The van der Waals surface area contributed by atoms with E-state index in [4.69, 9.17) is 11.6 Å². The quantitative estimate of drug-likeness (QED) is 0.504. The number of carbonyl (C=O) groups excluding carboxylic acids is 4. The molecule has 0 bridgehead atoms. The molecule has 0 aromatic heterocycles. The van der Waals surface area contributed by atoms with Crippen molar-refractivity contribution in [2.75, 3.05) is 4.72 Å². The van der Waals surface area contributed by atoms with Gasteiger partial charge in [-0.05, 0) is 36.8 Å². The number of amides is 4. The minimum atomic E-state index is -4.62. The standard InChI is InChI=1S/C19H12ClF2N3O6S/c20-11-6-13(22)15(7-12(11)21)32(30,31)24-8-1-2-9-10(5-8)19(29)25(18(9)28)14-3-4-16(26)23-17(14)27/h1-2,5-7,14,24H,3-4H2,(H,23,26,27). The summed E-state index contributed by atoms with van der Waals surface area (Å²) < 4.78 is 54.7. The van der Waals surface area contributed by atoms with Gasteiger partial charge in [0.1, 0.15) is 22.6 Å². The Morgan fingerprint density at radius 2 is 1.69 bits per heavy atom. The highest BCUT2D eigenvalue weighted by atomic mass is 35.5. The zero-order chi connectivity index (χ0) is 23.4. The van der Waals surface area contributed by atoms with Crippen LogP contribution < -0.4 is 10.0 Å². The van der Waals surface area contributed by atoms with Gasteiger partial charge < -0.3 is 0 Å². The van der Waals surface area contributed by atoms with E-state index in [9.17, 15) is 36.4 Å². The van der Waals surface area contributed by atoms with Gasteiger partial charge in [-0.3, -0.25) is 34.1 Å². The van der Waals surface area contributed by atoms with Crippen LogP contribution in [0.5, 0.6) is 0 Å². The first-order valence-electron chi connectivity index (χ1n) is 9.02. The van der Waals surface area contributed by atoms with Gasteiger partial charge in [-0.2, -0.15) is 0 Å². The maximum atomic E-state index is 14.0. The largest absolute Gasteiger partial charge is 0.295 e. The number of anilines is 1. The number of benzene rings is 2. The van der Waals surface area contributed by atoms with Crippen LogP contribution in [0.25, 0.3) is 0 Å². The first kappa shape index (κ1) is 21.8. The number of sulfonamides is 1. The van der Waals surface area contributed by atoms with Crippen molar-refractivity contribution < 1.29 is 36.4 Å². The molecule has 0 aliphatic carbocycles. The third kappa shape index (κ3) is 3.60. The lowest BCUT2D eigenvalue weighted by molar-refractivity contribution is -0.136. The van der Waals surface area contributed by atoms with Gasteiger partial charge in [-0.25, -0.2) is 17.2 Å². The average Bonchev–Trinajstić information content (AvgIpc) is 2.95. The summed E-state index contributed by atoms with van der Waals surface area (Å²) in [7, 11) is -4.62. The van der Waals surface area contributed by atoms with Crippen molar-refractivity contribution in [3.05, 3.63) is 58.1 Å². The lowest BCUT2D eigenvalue weighted by atomic mass is 10.0. The smallest absolute Gasteiger partial charge is 0.264 e. The van der Waals surface area contributed by atoms with Crippen LogP contribution >= 0.6 is 11.6 Å². The Kier molecular flexibility index (Phi) is 5.21. The van der Waals surface area contributed by atoms with Gasteiger partial charge in [0, 0.05) is 12.1 Å². The fourth-order valence-electron chi connectivity index (χ4n) is 3.45. The molecule has 2 aliphatic heterocycles. The third-order valence-corrected chi connectivity index (χ3v) is 6.64. The van der Waals surface area contributed by atoms with Gasteiger partial charge in [0.05, 0.1) is 16.1 Å². The van der Waals surface area contributed by atoms with Crippen molar-refractivity contribution >= 4 is 50.9 Å². The number of fused-ring (bicyclic) bond motifs is 1. The zero-order valence-electron chi connectivity index (χ0n) is 15.8.